The van der Waals surface area contributed by atoms with Gasteiger partial charge in [0.1, 0.15) is 0 Å². The lowest BCUT2D eigenvalue weighted by Gasteiger charge is -2.27. The zero-order valence-corrected chi connectivity index (χ0v) is 8.66. The fourth-order valence-corrected chi connectivity index (χ4v) is 1.58. The maximum Gasteiger partial charge on any atom is 0.0596 e. The van der Waals surface area contributed by atoms with Crippen LogP contribution in [0.2, 0.25) is 0 Å². The highest BCUT2D eigenvalue weighted by Crippen LogP contribution is 2.09. The van der Waals surface area contributed by atoms with Crippen molar-refractivity contribution in [3.8, 4) is 0 Å². The molecule has 0 amide bonds. The van der Waals surface area contributed by atoms with Crippen molar-refractivity contribution in [2.24, 2.45) is 11.1 Å². The van der Waals surface area contributed by atoms with E-state index < -0.39 is 0 Å². The summed E-state index contributed by atoms with van der Waals surface area (Å²) in [6.45, 7) is 7.82. The number of hydrogen-bond acceptors (Lipinski definition) is 3. The number of rotatable bonds is 3. The molecule has 0 saturated carbocycles. The van der Waals surface area contributed by atoms with E-state index in [1.807, 2.05) is 0 Å². The first-order chi connectivity index (χ1) is 6.22. The average Bonchev–Trinajstić information content (AvgIpc) is 2.15. The molecule has 0 aromatic heterocycles. The zero-order chi connectivity index (χ0) is 9.68. The normalized spacial score (nSPS) is 19.5. The van der Waals surface area contributed by atoms with Gasteiger partial charge < -0.3 is 10.1 Å². The zero-order valence-electron chi connectivity index (χ0n) is 8.66. The highest BCUT2D eigenvalue weighted by Gasteiger charge is 2.14. The Morgan fingerprint density at radius 1 is 1.38 bits per heavy atom. The molecular weight excluding hydrogens is 164 g/mol. The van der Waals surface area contributed by atoms with Gasteiger partial charge in [-0.2, -0.15) is 0 Å². The van der Waals surface area contributed by atoms with Gasteiger partial charge in [-0.05, 0) is 18.9 Å². The molecule has 13 heavy (non-hydrogen) atoms. The minimum absolute atomic E-state index is 0.785. The van der Waals surface area contributed by atoms with Crippen molar-refractivity contribution in [2.75, 3.05) is 19.6 Å². The summed E-state index contributed by atoms with van der Waals surface area (Å²) in [6, 6.07) is 0. The van der Waals surface area contributed by atoms with Crippen LogP contribution in [0.4, 0.5) is 0 Å². The van der Waals surface area contributed by atoms with Crippen LogP contribution in [0.25, 0.3) is 0 Å². The van der Waals surface area contributed by atoms with Crippen LogP contribution in [0.1, 0.15) is 33.1 Å². The molecule has 1 rings (SSSR count). The smallest absolute Gasteiger partial charge is 0.0596 e. The van der Waals surface area contributed by atoms with Crippen LogP contribution in [0, 0.1) is 5.92 Å². The van der Waals surface area contributed by atoms with E-state index in [4.69, 9.17) is 5.21 Å². The third-order valence-electron chi connectivity index (χ3n) is 2.60. The third-order valence-corrected chi connectivity index (χ3v) is 2.60. The van der Waals surface area contributed by atoms with Crippen LogP contribution in [-0.4, -0.2) is 35.5 Å². The molecule has 1 aliphatic rings. The van der Waals surface area contributed by atoms with Crippen LogP contribution in [-0.2, 0) is 0 Å². The van der Waals surface area contributed by atoms with Crippen molar-refractivity contribution < 1.29 is 5.21 Å². The first kappa shape index (κ1) is 10.5. The van der Waals surface area contributed by atoms with E-state index in [1.165, 1.54) is 13.0 Å². The summed E-state index contributed by atoms with van der Waals surface area (Å²) in [7, 11) is 0. The van der Waals surface area contributed by atoms with E-state index in [2.05, 4.69) is 23.9 Å². The molecule has 0 aromatic rings. The van der Waals surface area contributed by atoms with Gasteiger partial charge >= 0.3 is 0 Å². The van der Waals surface area contributed by atoms with E-state index in [-0.39, 0.29) is 0 Å². The van der Waals surface area contributed by atoms with Gasteiger partial charge in [0.15, 0.2) is 0 Å². The summed E-state index contributed by atoms with van der Waals surface area (Å²) in [5.74, 6) is 0.785. The van der Waals surface area contributed by atoms with Gasteiger partial charge in [-0.1, -0.05) is 19.0 Å². The van der Waals surface area contributed by atoms with Gasteiger partial charge in [0.05, 0.1) is 5.71 Å². The summed E-state index contributed by atoms with van der Waals surface area (Å²) in [5, 5.41) is 11.8. The first-order valence-corrected chi connectivity index (χ1v) is 5.14. The number of likely N-dealkylation sites (tertiary alicyclic amines) is 1. The largest absolute Gasteiger partial charge is 0.411 e. The molecule has 1 heterocycles. The van der Waals surface area contributed by atoms with E-state index in [0.29, 0.717) is 0 Å². The average molecular weight is 184 g/mol. The molecule has 76 valence electrons. The Hall–Kier alpha value is -0.570. The Bertz CT molecular complexity index is 168. The number of piperidine rings is 1. The highest BCUT2D eigenvalue weighted by molar-refractivity contribution is 5.84. The molecule has 0 bridgehead atoms. The lowest BCUT2D eigenvalue weighted by Crippen LogP contribution is -2.35. The van der Waals surface area contributed by atoms with Gasteiger partial charge in [-0.15, -0.1) is 0 Å². The topological polar surface area (TPSA) is 35.8 Å². The molecule has 1 N–H and O–H groups in total. The maximum atomic E-state index is 8.56. The third kappa shape index (κ3) is 3.77. The van der Waals surface area contributed by atoms with Gasteiger partial charge in [0, 0.05) is 25.9 Å². The molecule has 0 atom stereocenters. The second kappa shape index (κ2) is 5.22. The van der Waals surface area contributed by atoms with Gasteiger partial charge in [0.25, 0.3) is 0 Å². The van der Waals surface area contributed by atoms with Crippen LogP contribution in [0.3, 0.4) is 0 Å². The molecule has 0 unspecified atom stereocenters. The number of nitrogens with zero attached hydrogens (tertiary/aromatic N) is 2. The monoisotopic (exact) mass is 184 g/mol. The maximum absolute atomic E-state index is 8.56. The summed E-state index contributed by atoms with van der Waals surface area (Å²) in [6.07, 6.45) is 3.15. The van der Waals surface area contributed by atoms with Crippen LogP contribution in [0.15, 0.2) is 5.16 Å². The molecule has 0 aromatic carbocycles. The minimum Gasteiger partial charge on any atom is -0.411 e. The highest BCUT2D eigenvalue weighted by atomic mass is 16.4. The molecule has 1 saturated heterocycles. The molecule has 0 spiro atoms. The summed E-state index contributed by atoms with van der Waals surface area (Å²) in [5.41, 5.74) is 0.959. The van der Waals surface area contributed by atoms with Gasteiger partial charge in [-0.3, -0.25) is 0 Å². The summed E-state index contributed by atoms with van der Waals surface area (Å²) >= 11 is 0. The quantitative estimate of drug-likeness (QED) is 0.537. The van der Waals surface area contributed by atoms with E-state index >= 15 is 0 Å². The number of oxime groups is 1. The Morgan fingerprint density at radius 3 is 2.46 bits per heavy atom. The van der Waals surface area contributed by atoms with Crippen molar-refractivity contribution in [2.45, 2.75) is 33.1 Å². The van der Waals surface area contributed by atoms with Crippen molar-refractivity contribution in [1.29, 1.82) is 0 Å². The fourth-order valence-electron chi connectivity index (χ4n) is 1.58. The first-order valence-electron chi connectivity index (χ1n) is 5.14. The summed E-state index contributed by atoms with van der Waals surface area (Å²) < 4.78 is 0. The van der Waals surface area contributed by atoms with Crippen LogP contribution >= 0.6 is 0 Å². The van der Waals surface area contributed by atoms with Crippen molar-refractivity contribution >= 4 is 5.71 Å². The second-order valence-corrected chi connectivity index (χ2v) is 4.19. The van der Waals surface area contributed by atoms with E-state index in [9.17, 15) is 0 Å². The Morgan fingerprint density at radius 2 is 2.00 bits per heavy atom. The van der Waals surface area contributed by atoms with Crippen LogP contribution < -0.4 is 0 Å². The van der Waals surface area contributed by atoms with Gasteiger partial charge in [0.2, 0.25) is 0 Å². The predicted octanol–water partition coefficient (Wildman–Crippen LogP) is 1.96. The summed E-state index contributed by atoms with van der Waals surface area (Å²) in [4.78, 5) is 2.45. The second-order valence-electron chi connectivity index (χ2n) is 4.19. The lowest BCUT2D eigenvalue weighted by atomic mass is 10.1. The predicted molar refractivity (Wildman–Crippen MR) is 54.4 cm³/mol. The molecular formula is C10H20N2O. The standard InChI is InChI=1S/C10H20N2O/c1-9(2)3-6-12-7-4-10(11-13)5-8-12/h9,13H,3-8H2,1-2H3. The molecule has 3 nitrogen and oxygen atoms in total. The van der Waals surface area contributed by atoms with Crippen molar-refractivity contribution in [1.82, 2.24) is 4.90 Å². The fraction of sp³-hybridized carbons (Fsp3) is 0.900. The SMILES string of the molecule is CC(C)CCN1CCC(=NO)CC1. The Balaban J connectivity index is 2.18. The van der Waals surface area contributed by atoms with Crippen molar-refractivity contribution in [3.05, 3.63) is 0 Å². The molecule has 0 aliphatic carbocycles. The Labute approximate surface area is 80.4 Å². The number of hydrogen-bond donors (Lipinski definition) is 1. The molecule has 1 fully saturated rings. The minimum atomic E-state index is 0.785. The lowest BCUT2D eigenvalue weighted by molar-refractivity contribution is 0.250. The molecule has 1 aliphatic heterocycles. The Kier molecular flexibility index (Phi) is 4.22. The van der Waals surface area contributed by atoms with E-state index in [1.54, 1.807) is 0 Å². The molecule has 3 heteroatoms. The van der Waals surface area contributed by atoms with E-state index in [0.717, 1.165) is 37.6 Å². The van der Waals surface area contributed by atoms with Gasteiger partial charge in [-0.25, -0.2) is 0 Å². The van der Waals surface area contributed by atoms with Crippen molar-refractivity contribution in [3.63, 3.8) is 0 Å². The molecule has 0 radical (unpaired) electrons. The van der Waals surface area contributed by atoms with Crippen LogP contribution in [0.5, 0.6) is 0 Å².